The van der Waals surface area contributed by atoms with Crippen LogP contribution in [0, 0.1) is 5.82 Å². The summed E-state index contributed by atoms with van der Waals surface area (Å²) < 4.78 is 57.3. The molecule has 0 radical (unpaired) electrons. The van der Waals surface area contributed by atoms with E-state index in [2.05, 4.69) is 10.3 Å². The fraction of sp³-hybridized carbons (Fsp3) is 0.136. The van der Waals surface area contributed by atoms with Crippen molar-refractivity contribution >= 4 is 12.2 Å². The molecule has 0 aliphatic heterocycles. The van der Waals surface area contributed by atoms with E-state index in [0.717, 1.165) is 6.07 Å². The number of hydrogen-bond acceptors (Lipinski definition) is 4. The van der Waals surface area contributed by atoms with Gasteiger partial charge in [0.2, 0.25) is 0 Å². The van der Waals surface area contributed by atoms with Gasteiger partial charge in [0.05, 0.1) is 23.9 Å². The predicted molar refractivity (Wildman–Crippen MR) is 104 cm³/mol. The molecule has 0 saturated carbocycles. The summed E-state index contributed by atoms with van der Waals surface area (Å²) in [4.78, 5) is 27.5. The standard InChI is InChI=1S/C22H16F4N2O3/c1-31-20-5-2-14(19-8-13(12-29)6-7-27-19)9-15(20)11-28-21(30)17-4-3-16(10-18(17)23)22(24,25)26/h2-10,12H,11H2,1H3,(H,28,30). The maximum atomic E-state index is 14.0. The Morgan fingerprint density at radius 3 is 2.55 bits per heavy atom. The van der Waals surface area contributed by atoms with E-state index >= 15 is 0 Å². The molecule has 0 aliphatic carbocycles. The summed E-state index contributed by atoms with van der Waals surface area (Å²) >= 11 is 0. The second kappa shape index (κ2) is 8.95. The highest BCUT2D eigenvalue weighted by Crippen LogP contribution is 2.30. The first-order valence-electron chi connectivity index (χ1n) is 8.96. The van der Waals surface area contributed by atoms with Crippen LogP contribution in [0.5, 0.6) is 5.75 Å². The zero-order valence-corrected chi connectivity index (χ0v) is 16.2. The number of carbonyl (C=O) groups excluding carboxylic acids is 2. The Kier molecular flexibility index (Phi) is 6.33. The molecule has 1 aromatic heterocycles. The molecule has 2 aromatic carbocycles. The molecule has 0 bridgehead atoms. The molecule has 3 rings (SSSR count). The Balaban J connectivity index is 1.82. The summed E-state index contributed by atoms with van der Waals surface area (Å²) in [5.74, 6) is -1.72. The van der Waals surface area contributed by atoms with E-state index in [4.69, 9.17) is 4.74 Å². The molecule has 5 nitrogen and oxygen atoms in total. The third-order valence-corrected chi connectivity index (χ3v) is 4.48. The lowest BCUT2D eigenvalue weighted by Gasteiger charge is -2.13. The minimum Gasteiger partial charge on any atom is -0.496 e. The topological polar surface area (TPSA) is 68.3 Å². The molecular weight excluding hydrogens is 416 g/mol. The Morgan fingerprint density at radius 1 is 1.13 bits per heavy atom. The van der Waals surface area contributed by atoms with Crippen LogP contribution in [0.25, 0.3) is 11.3 Å². The third kappa shape index (κ3) is 5.06. The molecular formula is C22H16F4N2O3. The Bertz CT molecular complexity index is 1130. The van der Waals surface area contributed by atoms with Crippen LogP contribution >= 0.6 is 0 Å². The second-order valence-corrected chi connectivity index (χ2v) is 6.49. The number of nitrogens with zero attached hydrogens (tertiary/aromatic N) is 1. The van der Waals surface area contributed by atoms with Crippen molar-refractivity contribution in [3.05, 3.63) is 82.8 Å². The van der Waals surface area contributed by atoms with Crippen LogP contribution < -0.4 is 10.1 Å². The third-order valence-electron chi connectivity index (χ3n) is 4.48. The number of alkyl halides is 3. The number of carbonyl (C=O) groups is 2. The van der Waals surface area contributed by atoms with Crippen molar-refractivity contribution in [3.8, 4) is 17.0 Å². The largest absolute Gasteiger partial charge is 0.496 e. The highest BCUT2D eigenvalue weighted by atomic mass is 19.4. The average molecular weight is 432 g/mol. The van der Waals surface area contributed by atoms with Crippen LogP contribution in [0.15, 0.2) is 54.7 Å². The van der Waals surface area contributed by atoms with Gasteiger partial charge < -0.3 is 10.1 Å². The fourth-order valence-electron chi connectivity index (χ4n) is 2.90. The minimum atomic E-state index is -4.71. The van der Waals surface area contributed by atoms with Crippen LogP contribution in [0.1, 0.15) is 31.8 Å². The SMILES string of the molecule is COc1ccc(-c2cc(C=O)ccn2)cc1CNC(=O)c1ccc(C(F)(F)F)cc1F. The molecule has 3 aromatic rings. The second-order valence-electron chi connectivity index (χ2n) is 6.49. The number of ether oxygens (including phenoxy) is 1. The number of pyridine rings is 1. The summed E-state index contributed by atoms with van der Waals surface area (Å²) in [6.45, 7) is -0.0797. The number of methoxy groups -OCH3 is 1. The lowest BCUT2D eigenvalue weighted by Crippen LogP contribution is -2.24. The van der Waals surface area contributed by atoms with Gasteiger partial charge in [0.25, 0.3) is 5.91 Å². The van der Waals surface area contributed by atoms with E-state index in [-0.39, 0.29) is 12.6 Å². The molecule has 31 heavy (non-hydrogen) atoms. The number of halogens is 4. The number of aldehydes is 1. The smallest absolute Gasteiger partial charge is 0.416 e. The lowest BCUT2D eigenvalue weighted by atomic mass is 10.0. The van der Waals surface area contributed by atoms with Crippen molar-refractivity contribution in [3.63, 3.8) is 0 Å². The van der Waals surface area contributed by atoms with Gasteiger partial charge in [-0.25, -0.2) is 4.39 Å². The van der Waals surface area contributed by atoms with Crippen molar-refractivity contribution in [2.45, 2.75) is 12.7 Å². The molecule has 9 heteroatoms. The van der Waals surface area contributed by atoms with Crippen molar-refractivity contribution in [2.75, 3.05) is 7.11 Å². The van der Waals surface area contributed by atoms with Crippen LogP contribution in [-0.4, -0.2) is 24.3 Å². The van der Waals surface area contributed by atoms with Gasteiger partial charge in [0, 0.05) is 29.4 Å². The number of rotatable bonds is 6. The van der Waals surface area contributed by atoms with Gasteiger partial charge in [-0.15, -0.1) is 0 Å². The van der Waals surface area contributed by atoms with Gasteiger partial charge in [0.1, 0.15) is 17.9 Å². The molecule has 160 valence electrons. The van der Waals surface area contributed by atoms with E-state index < -0.39 is 29.0 Å². The number of benzene rings is 2. The Labute approximate surface area is 174 Å². The highest BCUT2D eigenvalue weighted by Gasteiger charge is 2.31. The highest BCUT2D eigenvalue weighted by molar-refractivity contribution is 5.94. The van der Waals surface area contributed by atoms with E-state index in [1.54, 1.807) is 30.3 Å². The maximum absolute atomic E-state index is 14.0. The Hall–Kier alpha value is -3.75. The normalized spacial score (nSPS) is 11.1. The zero-order valence-electron chi connectivity index (χ0n) is 16.2. The molecule has 0 aliphatic rings. The fourth-order valence-corrected chi connectivity index (χ4v) is 2.90. The molecule has 0 saturated heterocycles. The quantitative estimate of drug-likeness (QED) is 0.455. The van der Waals surface area contributed by atoms with Crippen molar-refractivity contribution < 1.29 is 31.9 Å². The maximum Gasteiger partial charge on any atom is 0.416 e. The minimum absolute atomic E-state index is 0.0797. The first kappa shape index (κ1) is 21.9. The van der Waals surface area contributed by atoms with E-state index in [9.17, 15) is 27.2 Å². The first-order valence-corrected chi connectivity index (χ1v) is 8.96. The summed E-state index contributed by atoms with van der Waals surface area (Å²) in [7, 11) is 1.43. The van der Waals surface area contributed by atoms with Gasteiger partial charge in [-0.05, 0) is 48.5 Å². The van der Waals surface area contributed by atoms with Crippen molar-refractivity contribution in [2.24, 2.45) is 0 Å². The monoisotopic (exact) mass is 432 g/mol. The number of amides is 1. The Morgan fingerprint density at radius 2 is 1.90 bits per heavy atom. The average Bonchev–Trinajstić information content (AvgIpc) is 2.76. The van der Waals surface area contributed by atoms with Gasteiger partial charge in [-0.1, -0.05) is 0 Å². The van der Waals surface area contributed by atoms with Gasteiger partial charge in [-0.3, -0.25) is 14.6 Å². The number of nitrogens with one attached hydrogen (secondary N) is 1. The van der Waals surface area contributed by atoms with E-state index in [1.807, 2.05) is 0 Å². The lowest BCUT2D eigenvalue weighted by molar-refractivity contribution is -0.137. The first-order chi connectivity index (χ1) is 14.7. The van der Waals surface area contributed by atoms with Crippen molar-refractivity contribution in [1.82, 2.24) is 10.3 Å². The van der Waals surface area contributed by atoms with Crippen LogP contribution in [0.2, 0.25) is 0 Å². The van der Waals surface area contributed by atoms with Crippen LogP contribution in [0.3, 0.4) is 0 Å². The summed E-state index contributed by atoms with van der Waals surface area (Å²) in [5.41, 5.74) is 0.444. The number of aromatic nitrogens is 1. The van der Waals surface area contributed by atoms with E-state index in [1.165, 1.54) is 13.3 Å². The van der Waals surface area contributed by atoms with Gasteiger partial charge in [0.15, 0.2) is 0 Å². The molecule has 0 fully saturated rings. The molecule has 0 spiro atoms. The van der Waals surface area contributed by atoms with E-state index in [0.29, 0.717) is 40.5 Å². The zero-order chi connectivity index (χ0) is 22.6. The van der Waals surface area contributed by atoms with Crippen LogP contribution in [-0.2, 0) is 12.7 Å². The van der Waals surface area contributed by atoms with Crippen LogP contribution in [0.4, 0.5) is 17.6 Å². The molecule has 1 N–H and O–H groups in total. The molecule has 1 amide bonds. The predicted octanol–water partition coefficient (Wildman–Crippen LogP) is 4.66. The molecule has 0 atom stereocenters. The number of hydrogen-bond donors (Lipinski definition) is 1. The van der Waals surface area contributed by atoms with Gasteiger partial charge in [-0.2, -0.15) is 13.2 Å². The van der Waals surface area contributed by atoms with Gasteiger partial charge >= 0.3 is 6.18 Å². The van der Waals surface area contributed by atoms with Crippen molar-refractivity contribution in [1.29, 1.82) is 0 Å². The summed E-state index contributed by atoms with van der Waals surface area (Å²) in [6.07, 6.45) is -2.54. The molecule has 1 heterocycles. The summed E-state index contributed by atoms with van der Waals surface area (Å²) in [5, 5.41) is 2.47. The summed E-state index contributed by atoms with van der Waals surface area (Å²) in [6, 6.07) is 9.90. The molecule has 0 unspecified atom stereocenters.